The Balaban J connectivity index is 2.43. The highest BCUT2D eigenvalue weighted by Crippen LogP contribution is 2.33. The molecule has 0 spiro atoms. The predicted octanol–water partition coefficient (Wildman–Crippen LogP) is 4.27. The SMILES string of the molecule is CCc1cc(-c2ccccc2)sc1S. The minimum atomic E-state index is 1.06. The Morgan fingerprint density at radius 1 is 1.21 bits per heavy atom. The van der Waals surface area contributed by atoms with Crippen LogP contribution in [0.4, 0.5) is 0 Å². The van der Waals surface area contributed by atoms with Crippen molar-refractivity contribution in [3.05, 3.63) is 42.0 Å². The van der Waals surface area contributed by atoms with E-state index in [2.05, 4.69) is 49.9 Å². The second-order valence-electron chi connectivity index (χ2n) is 3.16. The highest BCUT2D eigenvalue weighted by atomic mass is 32.2. The maximum absolute atomic E-state index is 4.47. The van der Waals surface area contributed by atoms with E-state index in [1.54, 1.807) is 11.3 Å². The van der Waals surface area contributed by atoms with Gasteiger partial charge in [0, 0.05) is 4.88 Å². The molecule has 0 aliphatic carbocycles. The molecule has 0 aliphatic heterocycles. The van der Waals surface area contributed by atoms with E-state index in [1.807, 2.05) is 6.07 Å². The van der Waals surface area contributed by atoms with Gasteiger partial charge in [-0.3, -0.25) is 0 Å². The molecule has 0 atom stereocenters. The van der Waals surface area contributed by atoms with Gasteiger partial charge >= 0.3 is 0 Å². The van der Waals surface area contributed by atoms with E-state index in [1.165, 1.54) is 16.0 Å². The van der Waals surface area contributed by atoms with Gasteiger partial charge in [0.05, 0.1) is 4.21 Å². The van der Waals surface area contributed by atoms with Crippen molar-refractivity contribution >= 4 is 24.0 Å². The fourth-order valence-electron chi connectivity index (χ4n) is 1.42. The molecule has 2 rings (SSSR count). The van der Waals surface area contributed by atoms with Gasteiger partial charge in [0.15, 0.2) is 0 Å². The van der Waals surface area contributed by atoms with Gasteiger partial charge in [0.25, 0.3) is 0 Å². The zero-order valence-electron chi connectivity index (χ0n) is 8.03. The van der Waals surface area contributed by atoms with Crippen molar-refractivity contribution in [1.29, 1.82) is 0 Å². The Bertz CT molecular complexity index is 415. The first-order valence-corrected chi connectivity index (χ1v) is 5.94. The quantitative estimate of drug-likeness (QED) is 0.718. The van der Waals surface area contributed by atoms with Gasteiger partial charge in [-0.25, -0.2) is 0 Å². The van der Waals surface area contributed by atoms with E-state index in [0.717, 1.165) is 10.6 Å². The van der Waals surface area contributed by atoms with Gasteiger partial charge in [-0.1, -0.05) is 37.3 Å². The molecule has 1 aromatic heterocycles. The molecule has 0 radical (unpaired) electrons. The van der Waals surface area contributed by atoms with Crippen LogP contribution in [0.25, 0.3) is 10.4 Å². The first-order valence-electron chi connectivity index (χ1n) is 4.68. The zero-order valence-corrected chi connectivity index (χ0v) is 9.74. The lowest BCUT2D eigenvalue weighted by Gasteiger charge is -1.93. The number of thiophene rings is 1. The van der Waals surface area contributed by atoms with Gasteiger partial charge in [0.2, 0.25) is 0 Å². The van der Waals surface area contributed by atoms with E-state index >= 15 is 0 Å². The first-order chi connectivity index (χ1) is 6.81. The first kappa shape index (κ1) is 9.81. The molecule has 0 bridgehead atoms. The van der Waals surface area contributed by atoms with Crippen LogP contribution in [0.15, 0.2) is 40.6 Å². The van der Waals surface area contributed by atoms with Crippen LogP contribution in [-0.2, 0) is 6.42 Å². The van der Waals surface area contributed by atoms with E-state index < -0.39 is 0 Å². The molecule has 0 fully saturated rings. The molecule has 0 nitrogen and oxygen atoms in total. The van der Waals surface area contributed by atoms with Gasteiger partial charge in [0.1, 0.15) is 0 Å². The third kappa shape index (κ3) is 1.86. The van der Waals surface area contributed by atoms with Crippen molar-refractivity contribution in [1.82, 2.24) is 0 Å². The molecule has 72 valence electrons. The molecular weight excluding hydrogens is 208 g/mol. The highest BCUT2D eigenvalue weighted by molar-refractivity contribution is 7.83. The second-order valence-corrected chi connectivity index (χ2v) is 4.96. The predicted molar refractivity (Wildman–Crippen MR) is 66.4 cm³/mol. The molecule has 1 heterocycles. The molecule has 2 heteroatoms. The number of rotatable bonds is 2. The molecule has 0 amide bonds. The van der Waals surface area contributed by atoms with Gasteiger partial charge in [-0.15, -0.1) is 24.0 Å². The number of benzene rings is 1. The van der Waals surface area contributed by atoms with E-state index in [4.69, 9.17) is 0 Å². The molecular formula is C12H12S2. The fraction of sp³-hybridized carbons (Fsp3) is 0.167. The zero-order chi connectivity index (χ0) is 9.97. The van der Waals surface area contributed by atoms with Crippen molar-refractivity contribution in [2.24, 2.45) is 0 Å². The van der Waals surface area contributed by atoms with Crippen molar-refractivity contribution in [3.63, 3.8) is 0 Å². The summed E-state index contributed by atoms with van der Waals surface area (Å²) >= 11 is 6.22. The Morgan fingerprint density at radius 2 is 1.93 bits per heavy atom. The topological polar surface area (TPSA) is 0 Å². The summed E-state index contributed by atoms with van der Waals surface area (Å²) in [4.78, 5) is 1.31. The van der Waals surface area contributed by atoms with Crippen LogP contribution in [0.5, 0.6) is 0 Å². The Labute approximate surface area is 94.0 Å². The van der Waals surface area contributed by atoms with Crippen molar-refractivity contribution in [2.75, 3.05) is 0 Å². The van der Waals surface area contributed by atoms with E-state index in [0.29, 0.717) is 0 Å². The summed E-state index contributed by atoms with van der Waals surface area (Å²) in [6, 6.07) is 12.7. The summed E-state index contributed by atoms with van der Waals surface area (Å²) in [5.41, 5.74) is 2.63. The van der Waals surface area contributed by atoms with Gasteiger partial charge < -0.3 is 0 Å². The maximum atomic E-state index is 4.47. The van der Waals surface area contributed by atoms with Crippen molar-refractivity contribution in [3.8, 4) is 10.4 Å². The molecule has 14 heavy (non-hydrogen) atoms. The summed E-state index contributed by atoms with van der Waals surface area (Å²) in [5.74, 6) is 0. The van der Waals surface area contributed by atoms with Crippen LogP contribution in [0, 0.1) is 0 Å². The third-order valence-electron chi connectivity index (χ3n) is 2.23. The van der Waals surface area contributed by atoms with Crippen LogP contribution in [0.3, 0.4) is 0 Å². The van der Waals surface area contributed by atoms with Gasteiger partial charge in [-0.05, 0) is 23.6 Å². The minimum absolute atomic E-state index is 1.06. The summed E-state index contributed by atoms with van der Waals surface area (Å²) < 4.78 is 1.14. The molecule has 0 N–H and O–H groups in total. The lowest BCUT2D eigenvalue weighted by molar-refractivity contribution is 1.12. The average Bonchev–Trinajstić information content (AvgIpc) is 2.61. The highest BCUT2D eigenvalue weighted by Gasteiger charge is 2.05. The van der Waals surface area contributed by atoms with E-state index in [9.17, 15) is 0 Å². The Hall–Kier alpha value is -0.730. The monoisotopic (exact) mass is 220 g/mol. The lowest BCUT2D eigenvalue weighted by atomic mass is 10.1. The summed E-state index contributed by atoms with van der Waals surface area (Å²) in [5, 5.41) is 0. The largest absolute Gasteiger partial charge is 0.133 e. The molecule has 0 saturated heterocycles. The van der Waals surface area contributed by atoms with Crippen molar-refractivity contribution < 1.29 is 0 Å². The van der Waals surface area contributed by atoms with Crippen LogP contribution in [0.1, 0.15) is 12.5 Å². The Kier molecular flexibility index (Phi) is 2.94. The fourth-order valence-corrected chi connectivity index (χ4v) is 2.93. The lowest BCUT2D eigenvalue weighted by Crippen LogP contribution is -1.73. The molecule has 0 unspecified atom stereocenters. The number of hydrogen-bond donors (Lipinski definition) is 1. The average molecular weight is 220 g/mol. The standard InChI is InChI=1S/C12H12S2/c1-2-9-8-11(14-12(9)13)10-6-4-3-5-7-10/h3-8,13H,2H2,1H3. The van der Waals surface area contributed by atoms with Crippen molar-refractivity contribution in [2.45, 2.75) is 17.6 Å². The maximum Gasteiger partial charge on any atom is 0.0606 e. The van der Waals surface area contributed by atoms with Crippen LogP contribution in [-0.4, -0.2) is 0 Å². The number of hydrogen-bond acceptors (Lipinski definition) is 2. The van der Waals surface area contributed by atoms with Gasteiger partial charge in [-0.2, -0.15) is 0 Å². The van der Waals surface area contributed by atoms with Crippen LogP contribution >= 0.6 is 24.0 Å². The number of thiol groups is 1. The Morgan fingerprint density at radius 3 is 2.50 bits per heavy atom. The van der Waals surface area contributed by atoms with Crippen LogP contribution in [0.2, 0.25) is 0 Å². The summed E-state index contributed by atoms with van der Waals surface area (Å²) in [6.45, 7) is 2.16. The van der Waals surface area contributed by atoms with Crippen LogP contribution < -0.4 is 0 Å². The third-order valence-corrected chi connectivity index (χ3v) is 3.82. The number of aryl methyl sites for hydroxylation is 1. The normalized spacial score (nSPS) is 10.4. The molecule has 0 saturated carbocycles. The second kappa shape index (κ2) is 4.20. The molecule has 2 aromatic rings. The van der Waals surface area contributed by atoms with E-state index in [-0.39, 0.29) is 0 Å². The molecule has 0 aliphatic rings. The molecule has 1 aromatic carbocycles. The smallest absolute Gasteiger partial charge is 0.0606 e. The summed E-state index contributed by atoms with van der Waals surface area (Å²) in [6.07, 6.45) is 1.06. The summed E-state index contributed by atoms with van der Waals surface area (Å²) in [7, 11) is 0. The minimum Gasteiger partial charge on any atom is -0.133 e.